The number of aromatic nitrogens is 1. The minimum atomic E-state index is -0.0571. The van der Waals surface area contributed by atoms with Crippen LogP contribution in [0, 0.1) is 5.41 Å². The van der Waals surface area contributed by atoms with E-state index >= 15 is 0 Å². The molecule has 17 heavy (non-hydrogen) atoms. The van der Waals surface area contributed by atoms with E-state index < -0.39 is 0 Å². The molecule has 3 rings (SSSR count). The number of nitrogens with zero attached hydrogens (tertiary/aromatic N) is 1. The van der Waals surface area contributed by atoms with Gasteiger partial charge in [-0.15, -0.1) is 0 Å². The highest BCUT2D eigenvalue weighted by Gasteiger charge is 2.49. The fraction of sp³-hybridized carbons (Fsp3) is 0.500. The van der Waals surface area contributed by atoms with E-state index in [1.807, 2.05) is 12.1 Å². The van der Waals surface area contributed by atoms with Crippen molar-refractivity contribution in [3.8, 4) is 0 Å². The molecular formula is C12H14BrN3O. The fourth-order valence-electron chi connectivity index (χ4n) is 2.35. The van der Waals surface area contributed by atoms with Gasteiger partial charge in [-0.3, -0.25) is 4.79 Å². The van der Waals surface area contributed by atoms with E-state index in [4.69, 9.17) is 0 Å². The molecule has 2 heterocycles. The number of carbonyl (C=O) groups excluding carboxylic acids is 1. The van der Waals surface area contributed by atoms with Crippen molar-refractivity contribution in [3.63, 3.8) is 0 Å². The summed E-state index contributed by atoms with van der Waals surface area (Å²) >= 11 is 3.29. The zero-order valence-electron chi connectivity index (χ0n) is 9.37. The summed E-state index contributed by atoms with van der Waals surface area (Å²) in [7, 11) is 0. The first-order valence-electron chi connectivity index (χ1n) is 5.84. The summed E-state index contributed by atoms with van der Waals surface area (Å²) in [6.45, 7) is 0.983. The first-order chi connectivity index (χ1) is 8.17. The average molecular weight is 296 g/mol. The summed E-state index contributed by atoms with van der Waals surface area (Å²) in [6.07, 6.45) is 3.49. The Morgan fingerprint density at radius 1 is 1.53 bits per heavy atom. The van der Waals surface area contributed by atoms with Gasteiger partial charge in [0.05, 0.1) is 6.04 Å². The van der Waals surface area contributed by atoms with E-state index in [2.05, 4.69) is 31.5 Å². The summed E-state index contributed by atoms with van der Waals surface area (Å²) in [5.74, 6) is 0.627. The highest BCUT2D eigenvalue weighted by Crippen LogP contribution is 2.51. The number of hydrogen-bond acceptors (Lipinski definition) is 3. The summed E-state index contributed by atoms with van der Waals surface area (Å²) in [5, 5.41) is 6.14. The molecule has 5 heteroatoms. The van der Waals surface area contributed by atoms with Crippen LogP contribution >= 0.6 is 15.9 Å². The van der Waals surface area contributed by atoms with Gasteiger partial charge in [-0.05, 0) is 52.7 Å². The van der Waals surface area contributed by atoms with Crippen LogP contribution in [0.15, 0.2) is 22.8 Å². The Balaban J connectivity index is 1.63. The van der Waals surface area contributed by atoms with E-state index in [9.17, 15) is 4.79 Å². The Morgan fingerprint density at radius 2 is 2.35 bits per heavy atom. The third-order valence-electron chi connectivity index (χ3n) is 3.60. The highest BCUT2D eigenvalue weighted by atomic mass is 79.9. The van der Waals surface area contributed by atoms with Crippen LogP contribution in [0.25, 0.3) is 0 Å². The molecule has 1 saturated carbocycles. The summed E-state index contributed by atoms with van der Waals surface area (Å²) in [5.41, 5.74) is 0.437. The lowest BCUT2D eigenvalue weighted by atomic mass is 10.0. The van der Waals surface area contributed by atoms with Crippen LogP contribution in [0.4, 0.5) is 5.82 Å². The first-order valence-corrected chi connectivity index (χ1v) is 6.63. The minimum Gasteiger partial charge on any atom is -0.309 e. The van der Waals surface area contributed by atoms with E-state index in [-0.39, 0.29) is 11.9 Å². The maximum absolute atomic E-state index is 12.0. The van der Waals surface area contributed by atoms with E-state index in [1.165, 1.54) is 12.8 Å². The van der Waals surface area contributed by atoms with Crippen molar-refractivity contribution in [2.75, 3.05) is 11.9 Å². The minimum absolute atomic E-state index is 0.0272. The van der Waals surface area contributed by atoms with Crippen molar-refractivity contribution in [2.45, 2.75) is 25.3 Å². The number of hydrogen-bond donors (Lipinski definition) is 2. The normalized spacial score (nSPS) is 24.9. The molecule has 2 fully saturated rings. The third-order valence-corrected chi connectivity index (χ3v) is 4.04. The van der Waals surface area contributed by atoms with Crippen molar-refractivity contribution >= 4 is 27.7 Å². The van der Waals surface area contributed by atoms with Gasteiger partial charge < -0.3 is 10.6 Å². The molecule has 1 aliphatic carbocycles. The standard InChI is InChI=1S/C12H14BrN3O/c13-9-2-1-3-10(15-9)16-11(17)8-6-12(4-5-12)7-14-8/h1-3,8,14H,4-7H2,(H,15,16,17). The van der Waals surface area contributed by atoms with E-state index in [0.717, 1.165) is 17.6 Å². The highest BCUT2D eigenvalue weighted by molar-refractivity contribution is 9.10. The molecule has 1 aromatic rings. The van der Waals surface area contributed by atoms with Gasteiger partial charge >= 0.3 is 0 Å². The third kappa shape index (κ3) is 2.35. The first kappa shape index (κ1) is 11.2. The van der Waals surface area contributed by atoms with Gasteiger partial charge in [-0.2, -0.15) is 0 Å². The summed E-state index contributed by atoms with van der Waals surface area (Å²) < 4.78 is 0.730. The van der Waals surface area contributed by atoms with Gasteiger partial charge in [0.25, 0.3) is 0 Å². The van der Waals surface area contributed by atoms with E-state index in [1.54, 1.807) is 6.07 Å². The lowest BCUT2D eigenvalue weighted by Gasteiger charge is -2.10. The smallest absolute Gasteiger partial charge is 0.242 e. The molecule has 0 aromatic carbocycles. The zero-order chi connectivity index (χ0) is 11.9. The Bertz CT molecular complexity index is 459. The molecule has 1 aromatic heterocycles. The number of halogens is 1. The molecule has 1 atom stereocenters. The van der Waals surface area contributed by atoms with Crippen molar-refractivity contribution < 1.29 is 4.79 Å². The van der Waals surface area contributed by atoms with Crippen LogP contribution in [-0.4, -0.2) is 23.5 Å². The van der Waals surface area contributed by atoms with Crippen molar-refractivity contribution in [1.82, 2.24) is 10.3 Å². The largest absolute Gasteiger partial charge is 0.309 e. The molecule has 1 aliphatic heterocycles. The molecule has 1 spiro atoms. The monoisotopic (exact) mass is 295 g/mol. The van der Waals surface area contributed by atoms with Crippen LogP contribution in [0.3, 0.4) is 0 Å². The molecule has 0 radical (unpaired) electrons. The lowest BCUT2D eigenvalue weighted by Crippen LogP contribution is -2.35. The van der Waals surface area contributed by atoms with Crippen LogP contribution in [0.2, 0.25) is 0 Å². The molecule has 90 valence electrons. The Kier molecular flexibility index (Phi) is 2.67. The second-order valence-electron chi connectivity index (χ2n) is 4.97. The van der Waals surface area contributed by atoms with Gasteiger partial charge in [-0.1, -0.05) is 6.07 Å². The van der Waals surface area contributed by atoms with Crippen LogP contribution in [0.5, 0.6) is 0 Å². The van der Waals surface area contributed by atoms with Crippen LogP contribution in [-0.2, 0) is 4.79 Å². The molecule has 1 amide bonds. The topological polar surface area (TPSA) is 54.0 Å². The summed E-state index contributed by atoms with van der Waals surface area (Å²) in [6, 6.07) is 5.43. The molecule has 2 aliphatic rings. The van der Waals surface area contributed by atoms with Crippen molar-refractivity contribution in [3.05, 3.63) is 22.8 Å². The van der Waals surface area contributed by atoms with Gasteiger partial charge in [0.2, 0.25) is 5.91 Å². The van der Waals surface area contributed by atoms with Gasteiger partial charge in [0, 0.05) is 6.54 Å². The second-order valence-corrected chi connectivity index (χ2v) is 5.78. The van der Waals surface area contributed by atoms with Crippen LogP contribution in [0.1, 0.15) is 19.3 Å². The number of pyridine rings is 1. The average Bonchev–Trinajstić information content (AvgIpc) is 2.88. The Hall–Kier alpha value is -0.940. The summed E-state index contributed by atoms with van der Waals surface area (Å²) in [4.78, 5) is 16.2. The molecule has 4 nitrogen and oxygen atoms in total. The molecule has 1 saturated heterocycles. The SMILES string of the molecule is O=C(Nc1cccc(Br)n1)C1CC2(CC2)CN1. The van der Waals surface area contributed by atoms with Crippen molar-refractivity contribution in [1.29, 1.82) is 0 Å². The van der Waals surface area contributed by atoms with Gasteiger partial charge in [0.1, 0.15) is 10.4 Å². The quantitative estimate of drug-likeness (QED) is 0.820. The second kappa shape index (κ2) is 4.07. The van der Waals surface area contributed by atoms with Gasteiger partial charge in [-0.25, -0.2) is 4.98 Å². The zero-order valence-corrected chi connectivity index (χ0v) is 11.0. The molecule has 0 bridgehead atoms. The van der Waals surface area contributed by atoms with Crippen molar-refractivity contribution in [2.24, 2.45) is 5.41 Å². The predicted octanol–water partition coefficient (Wildman–Crippen LogP) is 1.92. The van der Waals surface area contributed by atoms with Gasteiger partial charge in [0.15, 0.2) is 0 Å². The number of rotatable bonds is 2. The fourth-order valence-corrected chi connectivity index (χ4v) is 2.70. The Labute approximate surface area is 108 Å². The molecular weight excluding hydrogens is 282 g/mol. The Morgan fingerprint density at radius 3 is 3.00 bits per heavy atom. The van der Waals surface area contributed by atoms with Crippen LogP contribution < -0.4 is 10.6 Å². The number of anilines is 1. The maximum Gasteiger partial charge on any atom is 0.242 e. The number of amides is 1. The molecule has 1 unspecified atom stereocenters. The molecule has 2 N–H and O–H groups in total. The van der Waals surface area contributed by atoms with E-state index in [0.29, 0.717) is 11.2 Å². The predicted molar refractivity (Wildman–Crippen MR) is 68.6 cm³/mol. The number of nitrogens with one attached hydrogen (secondary N) is 2. The lowest BCUT2D eigenvalue weighted by molar-refractivity contribution is -0.117. The number of carbonyl (C=O) groups is 1. The maximum atomic E-state index is 12.0.